The first kappa shape index (κ1) is 24.0. The first-order valence-corrected chi connectivity index (χ1v) is 12.7. The Morgan fingerprint density at radius 3 is 2.11 bits per heavy atom. The van der Waals surface area contributed by atoms with Crippen molar-refractivity contribution in [2.75, 3.05) is 11.1 Å². The van der Waals surface area contributed by atoms with Crippen molar-refractivity contribution in [2.45, 2.75) is 18.2 Å². The molecule has 7 nitrogen and oxygen atoms in total. The minimum atomic E-state index is -3.31. The lowest BCUT2D eigenvalue weighted by Gasteiger charge is -2.11. The molecular formula is C27H23N3O4S. The van der Waals surface area contributed by atoms with Crippen LogP contribution in [0.4, 0.5) is 5.95 Å². The zero-order valence-electron chi connectivity index (χ0n) is 19.0. The number of carbonyl (C=O) groups is 2. The molecule has 0 aliphatic heterocycles. The molecule has 0 saturated heterocycles. The third kappa shape index (κ3) is 5.67. The van der Waals surface area contributed by atoms with Gasteiger partial charge in [-0.2, -0.15) is 0 Å². The summed E-state index contributed by atoms with van der Waals surface area (Å²) in [4.78, 5) is 34.8. The molecule has 1 amide bonds. The number of hydrogen-bond acceptors (Lipinski definition) is 6. The summed E-state index contributed by atoms with van der Waals surface area (Å²) >= 11 is 0. The second-order valence-corrected chi connectivity index (χ2v) is 10.1. The predicted octanol–water partition coefficient (Wildman–Crippen LogP) is 4.35. The molecule has 8 heteroatoms. The van der Waals surface area contributed by atoms with E-state index < -0.39 is 9.84 Å². The van der Waals surface area contributed by atoms with Crippen molar-refractivity contribution in [3.05, 3.63) is 108 Å². The molecule has 0 fully saturated rings. The first-order chi connectivity index (χ1) is 16.9. The van der Waals surface area contributed by atoms with Gasteiger partial charge in [0, 0.05) is 17.3 Å². The van der Waals surface area contributed by atoms with Crippen molar-refractivity contribution < 1.29 is 18.0 Å². The van der Waals surface area contributed by atoms with Crippen LogP contribution < -0.4 is 5.32 Å². The maximum absolute atomic E-state index is 13.3. The van der Waals surface area contributed by atoms with Gasteiger partial charge in [0.25, 0.3) is 0 Å². The highest BCUT2D eigenvalue weighted by Gasteiger charge is 2.19. The Kier molecular flexibility index (Phi) is 7.12. The van der Waals surface area contributed by atoms with Gasteiger partial charge in [0.1, 0.15) is 5.69 Å². The predicted molar refractivity (Wildman–Crippen MR) is 134 cm³/mol. The van der Waals surface area contributed by atoms with Crippen LogP contribution in [0.25, 0.3) is 11.1 Å². The number of hydrogen-bond donors (Lipinski definition) is 1. The molecular weight excluding hydrogens is 462 g/mol. The number of nitrogens with zero attached hydrogens (tertiary/aromatic N) is 2. The van der Waals surface area contributed by atoms with Crippen LogP contribution in [0.1, 0.15) is 28.5 Å². The summed E-state index contributed by atoms with van der Waals surface area (Å²) in [6.45, 7) is 1.58. The fraction of sp³-hybridized carbons (Fsp3) is 0.111. The van der Waals surface area contributed by atoms with E-state index in [4.69, 9.17) is 0 Å². The largest absolute Gasteiger partial charge is 0.294 e. The van der Waals surface area contributed by atoms with E-state index in [0.717, 1.165) is 5.56 Å². The monoisotopic (exact) mass is 485 g/mol. The standard InChI is InChI=1S/C27H23N3O4S/c1-2-35(33,34)22-15-13-19(14-16-22)17-24(31)29-27-28-18-23(20-9-5-3-6-10-20)25(30-27)26(32)21-11-7-4-8-12-21/h3-16,18H,2,17H2,1H3,(H,28,29,30,31). The SMILES string of the molecule is CCS(=O)(=O)c1ccc(CC(=O)Nc2ncc(-c3ccccc3)c(C(=O)c3ccccc3)n2)cc1. The van der Waals surface area contributed by atoms with Gasteiger partial charge in [0.05, 0.1) is 17.1 Å². The van der Waals surface area contributed by atoms with Crippen LogP contribution in [0.3, 0.4) is 0 Å². The van der Waals surface area contributed by atoms with Crippen LogP contribution in [0.2, 0.25) is 0 Å². The second-order valence-electron chi connectivity index (χ2n) is 7.79. The van der Waals surface area contributed by atoms with Crippen molar-refractivity contribution in [1.29, 1.82) is 0 Å². The normalized spacial score (nSPS) is 11.1. The van der Waals surface area contributed by atoms with Gasteiger partial charge < -0.3 is 0 Å². The molecule has 0 bridgehead atoms. The number of aromatic nitrogens is 2. The molecule has 176 valence electrons. The van der Waals surface area contributed by atoms with Crippen LogP contribution >= 0.6 is 0 Å². The van der Waals surface area contributed by atoms with Crippen molar-refractivity contribution in [3.63, 3.8) is 0 Å². The molecule has 4 rings (SSSR count). The number of benzene rings is 3. The number of ketones is 1. The van der Waals surface area contributed by atoms with Crippen LogP contribution in [0.5, 0.6) is 0 Å². The molecule has 0 saturated carbocycles. The molecule has 4 aromatic rings. The molecule has 35 heavy (non-hydrogen) atoms. The minimum absolute atomic E-state index is 0.00177. The van der Waals surface area contributed by atoms with Gasteiger partial charge in [-0.1, -0.05) is 79.7 Å². The average Bonchev–Trinajstić information content (AvgIpc) is 2.89. The quantitative estimate of drug-likeness (QED) is 0.372. The molecule has 1 aromatic heterocycles. The lowest BCUT2D eigenvalue weighted by molar-refractivity contribution is -0.115. The first-order valence-electron chi connectivity index (χ1n) is 11.0. The van der Waals surface area contributed by atoms with Crippen LogP contribution in [-0.4, -0.2) is 35.8 Å². The molecule has 0 atom stereocenters. The number of amides is 1. The third-order valence-corrected chi connectivity index (χ3v) is 7.15. The van der Waals surface area contributed by atoms with Crippen LogP contribution in [-0.2, 0) is 21.1 Å². The Morgan fingerprint density at radius 2 is 1.49 bits per heavy atom. The summed E-state index contributed by atoms with van der Waals surface area (Å²) in [5.41, 5.74) is 2.64. The van der Waals surface area contributed by atoms with Crippen molar-refractivity contribution >= 4 is 27.5 Å². The Hall–Kier alpha value is -4.17. The topological polar surface area (TPSA) is 106 Å². The van der Waals surface area contributed by atoms with E-state index in [1.54, 1.807) is 43.3 Å². The summed E-state index contributed by atoms with van der Waals surface area (Å²) in [5, 5.41) is 2.64. The van der Waals surface area contributed by atoms with Gasteiger partial charge in [-0.15, -0.1) is 0 Å². The highest BCUT2D eigenvalue weighted by molar-refractivity contribution is 7.91. The van der Waals surface area contributed by atoms with Crippen LogP contribution in [0.15, 0.2) is 96.0 Å². The molecule has 0 unspecified atom stereocenters. The number of carbonyl (C=O) groups excluding carboxylic acids is 2. The number of rotatable bonds is 8. The van der Waals surface area contributed by atoms with Gasteiger partial charge in [-0.25, -0.2) is 18.4 Å². The Morgan fingerprint density at radius 1 is 0.857 bits per heavy atom. The molecule has 0 radical (unpaired) electrons. The van der Waals surface area contributed by atoms with E-state index in [9.17, 15) is 18.0 Å². The molecule has 3 aromatic carbocycles. The van der Waals surface area contributed by atoms with Gasteiger partial charge in [0.2, 0.25) is 17.6 Å². The lowest BCUT2D eigenvalue weighted by Crippen LogP contribution is -2.18. The van der Waals surface area contributed by atoms with Crippen LogP contribution in [0, 0.1) is 0 Å². The highest BCUT2D eigenvalue weighted by Crippen LogP contribution is 2.25. The molecule has 1 heterocycles. The second kappa shape index (κ2) is 10.4. The molecule has 1 N–H and O–H groups in total. The third-order valence-electron chi connectivity index (χ3n) is 5.40. The smallest absolute Gasteiger partial charge is 0.231 e. The van der Waals surface area contributed by atoms with Crippen molar-refractivity contribution in [2.24, 2.45) is 0 Å². The minimum Gasteiger partial charge on any atom is -0.294 e. The van der Waals surface area contributed by atoms with Crippen molar-refractivity contribution in [3.8, 4) is 11.1 Å². The summed E-state index contributed by atoms with van der Waals surface area (Å²) < 4.78 is 23.9. The van der Waals surface area contributed by atoms with Gasteiger partial charge in [-0.05, 0) is 23.3 Å². The maximum Gasteiger partial charge on any atom is 0.231 e. The van der Waals surface area contributed by atoms with E-state index in [1.807, 2.05) is 36.4 Å². The Balaban J connectivity index is 1.58. The molecule has 0 spiro atoms. The highest BCUT2D eigenvalue weighted by atomic mass is 32.2. The van der Waals surface area contributed by atoms with Gasteiger partial charge >= 0.3 is 0 Å². The van der Waals surface area contributed by atoms with E-state index in [0.29, 0.717) is 16.7 Å². The zero-order chi connectivity index (χ0) is 24.8. The van der Waals surface area contributed by atoms with Crippen molar-refractivity contribution in [1.82, 2.24) is 9.97 Å². The maximum atomic E-state index is 13.3. The Bertz CT molecular complexity index is 1450. The zero-order valence-corrected chi connectivity index (χ0v) is 19.8. The van der Waals surface area contributed by atoms with E-state index >= 15 is 0 Å². The summed E-state index contributed by atoms with van der Waals surface area (Å²) in [7, 11) is -3.31. The van der Waals surface area contributed by atoms with E-state index in [1.165, 1.54) is 18.3 Å². The van der Waals surface area contributed by atoms with E-state index in [2.05, 4.69) is 15.3 Å². The number of anilines is 1. The fourth-order valence-electron chi connectivity index (χ4n) is 3.51. The summed E-state index contributed by atoms with van der Waals surface area (Å²) in [6, 6.07) is 24.3. The molecule has 0 aliphatic rings. The van der Waals surface area contributed by atoms with Gasteiger partial charge in [0.15, 0.2) is 9.84 Å². The average molecular weight is 486 g/mol. The summed E-state index contributed by atoms with van der Waals surface area (Å²) in [5.74, 6) is -0.649. The van der Waals surface area contributed by atoms with E-state index in [-0.39, 0.29) is 40.4 Å². The number of sulfone groups is 1. The summed E-state index contributed by atoms with van der Waals surface area (Å²) in [6.07, 6.45) is 1.52. The number of nitrogens with one attached hydrogen (secondary N) is 1. The lowest BCUT2D eigenvalue weighted by atomic mass is 10.00. The fourth-order valence-corrected chi connectivity index (χ4v) is 4.39. The van der Waals surface area contributed by atoms with Gasteiger partial charge in [-0.3, -0.25) is 14.9 Å². The Labute approximate surface area is 203 Å². The molecule has 0 aliphatic carbocycles.